The molecule has 6 heteroatoms. The molecule has 1 atom stereocenters. The summed E-state index contributed by atoms with van der Waals surface area (Å²) in [5, 5.41) is 1.26. The summed E-state index contributed by atoms with van der Waals surface area (Å²) in [6.07, 6.45) is 9.38. The van der Waals surface area contributed by atoms with E-state index < -0.39 is 0 Å². The molecule has 2 aromatic heterocycles. The molecule has 1 aliphatic heterocycles. The predicted octanol–water partition coefficient (Wildman–Crippen LogP) is 7.11. The first-order chi connectivity index (χ1) is 18.8. The maximum Gasteiger partial charge on any atom is 0.0969 e. The first-order valence-corrected chi connectivity index (χ1v) is 14.2. The Morgan fingerprint density at radius 1 is 1.18 bits per heavy atom. The quantitative estimate of drug-likeness (QED) is 0.273. The number of fused-ring (bicyclic) bond motifs is 1. The fraction of sp³-hybridized carbons (Fsp3) is 0.485. The summed E-state index contributed by atoms with van der Waals surface area (Å²) in [5.41, 5.74) is 14.1. The van der Waals surface area contributed by atoms with Crippen LogP contribution in [0.15, 0.2) is 55.3 Å². The van der Waals surface area contributed by atoms with Gasteiger partial charge in [0.15, 0.2) is 0 Å². The molecule has 212 valence electrons. The van der Waals surface area contributed by atoms with Gasteiger partial charge in [-0.15, -0.1) is 0 Å². The van der Waals surface area contributed by atoms with Gasteiger partial charge in [0, 0.05) is 56.5 Å². The lowest BCUT2D eigenvalue weighted by molar-refractivity contribution is 0.105. The smallest absolute Gasteiger partial charge is 0.0969 e. The van der Waals surface area contributed by atoms with Gasteiger partial charge < -0.3 is 14.0 Å². The van der Waals surface area contributed by atoms with Gasteiger partial charge in [0.1, 0.15) is 0 Å². The molecule has 0 spiro atoms. The zero-order valence-electron chi connectivity index (χ0n) is 25.1. The Morgan fingerprint density at radius 3 is 2.46 bits per heavy atom. The van der Waals surface area contributed by atoms with Crippen molar-refractivity contribution >= 4 is 16.5 Å². The number of hydrogen-bond acceptors (Lipinski definition) is 5. The number of aryl methyl sites for hydroxylation is 1. The van der Waals surface area contributed by atoms with Gasteiger partial charge >= 0.3 is 0 Å². The van der Waals surface area contributed by atoms with Crippen LogP contribution in [0.1, 0.15) is 70.4 Å². The van der Waals surface area contributed by atoms with E-state index in [2.05, 4.69) is 80.0 Å². The van der Waals surface area contributed by atoms with E-state index in [4.69, 9.17) is 14.5 Å². The largest absolute Gasteiger partial charge is 0.384 e. The summed E-state index contributed by atoms with van der Waals surface area (Å²) in [7, 11) is 3.51. The molecular weight excluding hydrogens is 484 g/mol. The lowest BCUT2D eigenvalue weighted by Crippen LogP contribution is -2.37. The third-order valence-electron chi connectivity index (χ3n) is 7.22. The van der Waals surface area contributed by atoms with Crippen molar-refractivity contribution in [3.63, 3.8) is 0 Å². The summed E-state index contributed by atoms with van der Waals surface area (Å²) < 4.78 is 13.7. The third-order valence-corrected chi connectivity index (χ3v) is 7.22. The van der Waals surface area contributed by atoms with Crippen LogP contribution in [0.3, 0.4) is 0 Å². The minimum atomic E-state index is -0.102. The van der Waals surface area contributed by atoms with E-state index in [1.807, 2.05) is 25.3 Å². The summed E-state index contributed by atoms with van der Waals surface area (Å²) >= 11 is 0. The molecule has 1 fully saturated rings. The number of benzene rings is 1. The molecular formula is C33H48N4O2. The van der Waals surface area contributed by atoms with Crippen molar-refractivity contribution in [2.75, 3.05) is 33.9 Å². The van der Waals surface area contributed by atoms with Crippen LogP contribution in [0, 0.1) is 5.41 Å². The average molecular weight is 533 g/mol. The van der Waals surface area contributed by atoms with Gasteiger partial charge in [-0.05, 0) is 86.4 Å². The monoisotopic (exact) mass is 532 g/mol. The first-order valence-electron chi connectivity index (χ1n) is 14.2. The van der Waals surface area contributed by atoms with Gasteiger partial charge in [-0.25, -0.2) is 0 Å². The number of allylic oxidation sites excluding steroid dienone is 3. The Balaban J connectivity index is 0.000000617. The minimum absolute atomic E-state index is 0.0259. The van der Waals surface area contributed by atoms with Crippen LogP contribution in [0.5, 0.6) is 0 Å². The predicted molar refractivity (Wildman–Crippen MR) is 165 cm³/mol. The Hall–Kier alpha value is -2.77. The Bertz CT molecular complexity index is 1240. The van der Waals surface area contributed by atoms with E-state index in [0.29, 0.717) is 6.61 Å². The second-order valence-corrected chi connectivity index (χ2v) is 11.0. The molecule has 4 rings (SSSR count). The first kappa shape index (κ1) is 30.8. The van der Waals surface area contributed by atoms with Gasteiger partial charge in [0.25, 0.3) is 0 Å². The van der Waals surface area contributed by atoms with Crippen molar-refractivity contribution in [1.29, 1.82) is 0 Å². The van der Waals surface area contributed by atoms with Crippen LogP contribution in [0.2, 0.25) is 0 Å². The molecule has 0 bridgehead atoms. The molecule has 2 N–H and O–H groups in total. The molecule has 0 aliphatic carbocycles. The number of aromatic nitrogens is 2. The zero-order valence-corrected chi connectivity index (χ0v) is 25.1. The highest BCUT2D eigenvalue weighted by Gasteiger charge is 2.28. The van der Waals surface area contributed by atoms with E-state index in [9.17, 15) is 0 Å². The van der Waals surface area contributed by atoms with Crippen LogP contribution >= 0.6 is 0 Å². The summed E-state index contributed by atoms with van der Waals surface area (Å²) in [4.78, 5) is 4.73. The third kappa shape index (κ3) is 7.67. The molecule has 1 aromatic carbocycles. The second kappa shape index (κ2) is 14.6. The summed E-state index contributed by atoms with van der Waals surface area (Å²) in [6, 6.07) is 10.9. The van der Waals surface area contributed by atoms with Crippen molar-refractivity contribution in [3.05, 3.63) is 72.1 Å². The van der Waals surface area contributed by atoms with Crippen molar-refractivity contribution in [1.82, 2.24) is 20.4 Å². The highest BCUT2D eigenvalue weighted by molar-refractivity contribution is 5.95. The van der Waals surface area contributed by atoms with Gasteiger partial charge in [-0.3, -0.25) is 15.8 Å². The number of hydrogen-bond donors (Lipinski definition) is 2. The highest BCUT2D eigenvalue weighted by atomic mass is 16.5. The SMILES string of the molecule is C1CCNNC1.C=C(/C=C/C)c1ccc2c(c1)c(CC(C)(C)COC)c(-c1cccnc1C(C)OC)n2CC. The highest BCUT2D eigenvalue weighted by Crippen LogP contribution is 2.41. The fourth-order valence-corrected chi connectivity index (χ4v) is 5.31. The average Bonchev–Trinajstić information content (AvgIpc) is 3.25. The Morgan fingerprint density at radius 2 is 1.90 bits per heavy atom. The van der Waals surface area contributed by atoms with Crippen LogP contribution in [-0.4, -0.2) is 43.5 Å². The maximum absolute atomic E-state index is 5.69. The van der Waals surface area contributed by atoms with Crippen molar-refractivity contribution in [2.45, 2.75) is 66.5 Å². The lowest BCUT2D eigenvalue weighted by Gasteiger charge is -2.25. The van der Waals surface area contributed by atoms with E-state index in [1.54, 1.807) is 14.2 Å². The van der Waals surface area contributed by atoms with E-state index >= 15 is 0 Å². The molecule has 1 aliphatic rings. The minimum Gasteiger partial charge on any atom is -0.384 e. The Kier molecular flexibility index (Phi) is 11.5. The molecule has 0 amide bonds. The number of hydrazine groups is 1. The normalized spacial score (nSPS) is 14.8. The van der Waals surface area contributed by atoms with Crippen molar-refractivity contribution < 1.29 is 9.47 Å². The molecule has 0 radical (unpaired) electrons. The molecule has 0 saturated carbocycles. The number of ether oxygens (including phenoxy) is 2. The second-order valence-electron chi connectivity index (χ2n) is 11.0. The topological polar surface area (TPSA) is 60.3 Å². The fourth-order valence-electron chi connectivity index (χ4n) is 5.31. The van der Waals surface area contributed by atoms with Crippen LogP contribution in [0.4, 0.5) is 0 Å². The van der Waals surface area contributed by atoms with Gasteiger partial charge in [0.05, 0.1) is 24.1 Å². The number of methoxy groups -OCH3 is 2. The maximum atomic E-state index is 5.69. The Labute approximate surface area is 235 Å². The molecule has 1 saturated heterocycles. The number of nitrogens with zero attached hydrogens (tertiary/aromatic N) is 2. The van der Waals surface area contributed by atoms with E-state index in [0.717, 1.165) is 48.4 Å². The van der Waals surface area contributed by atoms with E-state index in [1.165, 1.54) is 35.0 Å². The van der Waals surface area contributed by atoms with Crippen molar-refractivity contribution in [3.8, 4) is 11.3 Å². The number of nitrogens with one attached hydrogen (secondary N) is 2. The standard InChI is InChI=1S/C29H38N2O2.C4H10N2/c1-9-12-20(3)22-14-15-26-24(17-22)25(18-29(5,6)19-32-7)28(31(26)10-2)23-13-11-16-30-27(23)21(4)33-8;1-2-4-6-5-3-1/h9,11-17,21H,3,10,18-19H2,1-2,4-8H3;5-6H,1-4H2/b12-9+;. The van der Waals surface area contributed by atoms with Crippen LogP contribution in [-0.2, 0) is 22.4 Å². The number of rotatable bonds is 10. The molecule has 39 heavy (non-hydrogen) atoms. The van der Waals surface area contributed by atoms with Crippen LogP contribution < -0.4 is 10.9 Å². The van der Waals surface area contributed by atoms with Crippen molar-refractivity contribution in [2.24, 2.45) is 5.41 Å². The van der Waals surface area contributed by atoms with Gasteiger partial charge in [0.2, 0.25) is 0 Å². The van der Waals surface area contributed by atoms with Gasteiger partial charge in [-0.2, -0.15) is 0 Å². The lowest BCUT2D eigenvalue weighted by atomic mass is 9.84. The molecule has 3 heterocycles. The van der Waals surface area contributed by atoms with Crippen LogP contribution in [0.25, 0.3) is 27.7 Å². The summed E-state index contributed by atoms with van der Waals surface area (Å²) in [5.74, 6) is 0. The van der Waals surface area contributed by atoms with Gasteiger partial charge in [-0.1, -0.05) is 38.6 Å². The summed E-state index contributed by atoms with van der Waals surface area (Å²) in [6.45, 7) is 18.9. The molecule has 6 nitrogen and oxygen atoms in total. The number of pyridine rings is 1. The molecule has 3 aromatic rings. The van der Waals surface area contributed by atoms with E-state index in [-0.39, 0.29) is 11.5 Å². The zero-order chi connectivity index (χ0) is 28.4. The molecule has 1 unspecified atom stereocenters.